The quantitative estimate of drug-likeness (QED) is 0.831. The van der Waals surface area contributed by atoms with Crippen molar-refractivity contribution >= 4 is 15.7 Å². The van der Waals surface area contributed by atoms with Crippen molar-refractivity contribution in [3.8, 4) is 0 Å². The Labute approximate surface area is 119 Å². The predicted octanol–water partition coefficient (Wildman–Crippen LogP) is 1.12. The SMILES string of the molecule is CN1CCN(S(=O)(=O)c2cc(F)ccc2N)CC1(C)C. The first-order valence-corrected chi connectivity index (χ1v) is 7.85. The van der Waals surface area contributed by atoms with Crippen molar-refractivity contribution < 1.29 is 12.8 Å². The lowest BCUT2D eigenvalue weighted by Gasteiger charge is -2.44. The second-order valence-electron chi connectivity index (χ2n) is 5.75. The van der Waals surface area contributed by atoms with Crippen LogP contribution in [0.25, 0.3) is 0 Å². The van der Waals surface area contributed by atoms with E-state index in [2.05, 4.69) is 4.90 Å². The van der Waals surface area contributed by atoms with Gasteiger partial charge < -0.3 is 5.73 Å². The number of nitrogen functional groups attached to an aromatic ring is 1. The highest BCUT2D eigenvalue weighted by Gasteiger charge is 2.37. The van der Waals surface area contributed by atoms with E-state index < -0.39 is 15.8 Å². The van der Waals surface area contributed by atoms with E-state index in [1.54, 1.807) is 0 Å². The van der Waals surface area contributed by atoms with Crippen LogP contribution in [-0.2, 0) is 10.0 Å². The normalized spacial score (nSPS) is 21.0. The van der Waals surface area contributed by atoms with E-state index in [0.29, 0.717) is 19.6 Å². The molecule has 1 aliphatic rings. The largest absolute Gasteiger partial charge is 0.398 e. The summed E-state index contributed by atoms with van der Waals surface area (Å²) >= 11 is 0. The molecule has 0 amide bonds. The summed E-state index contributed by atoms with van der Waals surface area (Å²) in [5, 5.41) is 0. The van der Waals surface area contributed by atoms with Gasteiger partial charge in [-0.05, 0) is 39.1 Å². The van der Waals surface area contributed by atoms with Gasteiger partial charge in [0.2, 0.25) is 10.0 Å². The van der Waals surface area contributed by atoms with Gasteiger partial charge in [0.15, 0.2) is 0 Å². The third-order valence-electron chi connectivity index (χ3n) is 3.87. The Morgan fingerprint density at radius 1 is 1.30 bits per heavy atom. The predicted molar refractivity (Wildman–Crippen MR) is 76.3 cm³/mol. The van der Waals surface area contributed by atoms with Crippen LogP contribution < -0.4 is 5.73 Å². The molecule has 5 nitrogen and oxygen atoms in total. The minimum Gasteiger partial charge on any atom is -0.398 e. The zero-order valence-corrected chi connectivity index (χ0v) is 12.7. The van der Waals surface area contributed by atoms with Gasteiger partial charge in [-0.15, -0.1) is 0 Å². The molecule has 1 heterocycles. The fourth-order valence-corrected chi connectivity index (χ4v) is 3.98. The number of benzene rings is 1. The standard InChI is InChI=1S/C13H20FN3O2S/c1-13(2)9-17(7-6-16(13)3)20(18,19)12-8-10(14)4-5-11(12)15/h4-5,8H,6-7,9,15H2,1-3H3. The Balaban J connectivity index is 2.38. The minimum atomic E-state index is -3.77. The highest BCUT2D eigenvalue weighted by atomic mass is 32.2. The van der Waals surface area contributed by atoms with E-state index in [0.717, 1.165) is 12.1 Å². The monoisotopic (exact) mass is 301 g/mol. The van der Waals surface area contributed by atoms with Crippen LogP contribution in [0.3, 0.4) is 0 Å². The Morgan fingerprint density at radius 3 is 2.55 bits per heavy atom. The summed E-state index contributed by atoms with van der Waals surface area (Å²) in [5.41, 5.74) is 5.50. The van der Waals surface area contributed by atoms with E-state index in [4.69, 9.17) is 5.73 Å². The Bertz CT molecular complexity index is 616. The summed E-state index contributed by atoms with van der Waals surface area (Å²) in [6.45, 7) is 5.30. The third kappa shape index (κ3) is 2.65. The molecule has 2 rings (SSSR count). The summed E-state index contributed by atoms with van der Waals surface area (Å²) in [6.07, 6.45) is 0. The number of sulfonamides is 1. The highest BCUT2D eigenvalue weighted by molar-refractivity contribution is 7.89. The van der Waals surface area contributed by atoms with Crippen LogP contribution in [0, 0.1) is 5.82 Å². The topological polar surface area (TPSA) is 66.6 Å². The van der Waals surface area contributed by atoms with Gasteiger partial charge in [-0.25, -0.2) is 12.8 Å². The van der Waals surface area contributed by atoms with Crippen molar-refractivity contribution in [3.63, 3.8) is 0 Å². The van der Waals surface area contributed by atoms with Gasteiger partial charge in [0, 0.05) is 25.2 Å². The van der Waals surface area contributed by atoms with Crippen molar-refractivity contribution in [1.29, 1.82) is 0 Å². The molecule has 0 saturated carbocycles. The maximum absolute atomic E-state index is 13.3. The van der Waals surface area contributed by atoms with Gasteiger partial charge in [0.25, 0.3) is 0 Å². The smallest absolute Gasteiger partial charge is 0.245 e. The molecule has 0 atom stereocenters. The van der Waals surface area contributed by atoms with E-state index in [-0.39, 0.29) is 16.1 Å². The van der Waals surface area contributed by atoms with Gasteiger partial charge in [0.1, 0.15) is 10.7 Å². The first-order valence-electron chi connectivity index (χ1n) is 6.41. The molecule has 0 spiro atoms. The Morgan fingerprint density at radius 2 is 1.95 bits per heavy atom. The average Bonchev–Trinajstić information content (AvgIpc) is 2.35. The first-order chi connectivity index (χ1) is 9.14. The molecular weight excluding hydrogens is 281 g/mol. The average molecular weight is 301 g/mol. The minimum absolute atomic E-state index is 0.0723. The molecule has 0 radical (unpaired) electrons. The molecule has 0 unspecified atom stereocenters. The number of halogens is 1. The fraction of sp³-hybridized carbons (Fsp3) is 0.538. The number of rotatable bonds is 2. The van der Waals surface area contributed by atoms with Crippen LogP contribution >= 0.6 is 0 Å². The summed E-state index contributed by atoms with van der Waals surface area (Å²) < 4.78 is 39.9. The summed E-state index contributed by atoms with van der Waals surface area (Å²) in [6, 6.07) is 3.42. The lowest BCUT2D eigenvalue weighted by molar-refractivity contribution is 0.0802. The summed E-state index contributed by atoms with van der Waals surface area (Å²) in [5.74, 6) is -0.605. The fourth-order valence-electron chi connectivity index (χ4n) is 2.27. The number of nitrogens with zero attached hydrogens (tertiary/aromatic N) is 2. The van der Waals surface area contributed by atoms with E-state index in [9.17, 15) is 12.8 Å². The van der Waals surface area contributed by atoms with Gasteiger partial charge in [-0.3, -0.25) is 4.90 Å². The molecule has 7 heteroatoms. The van der Waals surface area contributed by atoms with E-state index >= 15 is 0 Å². The number of nitrogens with two attached hydrogens (primary N) is 1. The molecule has 0 bridgehead atoms. The Kier molecular flexibility index (Phi) is 3.79. The molecule has 1 saturated heterocycles. The first kappa shape index (κ1) is 15.2. The van der Waals surface area contributed by atoms with Crippen molar-refractivity contribution in [1.82, 2.24) is 9.21 Å². The zero-order chi connectivity index (χ0) is 15.1. The van der Waals surface area contributed by atoms with Crippen molar-refractivity contribution in [3.05, 3.63) is 24.0 Å². The van der Waals surface area contributed by atoms with Crippen LogP contribution in [0.2, 0.25) is 0 Å². The molecule has 2 N–H and O–H groups in total. The maximum Gasteiger partial charge on any atom is 0.245 e. The number of anilines is 1. The van der Waals surface area contributed by atoms with Crippen molar-refractivity contribution in [2.24, 2.45) is 0 Å². The molecule has 0 aromatic heterocycles. The second kappa shape index (κ2) is 4.98. The molecule has 1 aromatic carbocycles. The van der Waals surface area contributed by atoms with E-state index in [1.165, 1.54) is 10.4 Å². The number of likely N-dealkylation sites (N-methyl/N-ethyl adjacent to an activating group) is 1. The van der Waals surface area contributed by atoms with Gasteiger partial charge in [-0.2, -0.15) is 4.31 Å². The van der Waals surface area contributed by atoms with Crippen LogP contribution in [0.1, 0.15) is 13.8 Å². The second-order valence-corrected chi connectivity index (χ2v) is 7.66. The molecule has 1 aliphatic heterocycles. The van der Waals surface area contributed by atoms with Crippen molar-refractivity contribution in [2.75, 3.05) is 32.4 Å². The summed E-state index contributed by atoms with van der Waals surface area (Å²) in [4.78, 5) is 1.95. The number of piperazine rings is 1. The summed E-state index contributed by atoms with van der Waals surface area (Å²) in [7, 11) is -1.81. The molecule has 1 aromatic rings. The van der Waals surface area contributed by atoms with Crippen molar-refractivity contribution in [2.45, 2.75) is 24.3 Å². The molecular formula is C13H20FN3O2S. The lowest BCUT2D eigenvalue weighted by Crippen LogP contribution is -2.58. The molecule has 20 heavy (non-hydrogen) atoms. The van der Waals surface area contributed by atoms with Crippen LogP contribution in [0.5, 0.6) is 0 Å². The van der Waals surface area contributed by atoms with Crippen LogP contribution in [0.4, 0.5) is 10.1 Å². The number of hydrogen-bond donors (Lipinski definition) is 1. The third-order valence-corrected chi connectivity index (χ3v) is 5.78. The van der Waals surface area contributed by atoms with Gasteiger partial charge >= 0.3 is 0 Å². The zero-order valence-electron chi connectivity index (χ0n) is 11.9. The molecule has 112 valence electrons. The molecule has 1 fully saturated rings. The van der Waals surface area contributed by atoms with Gasteiger partial charge in [0.05, 0.1) is 5.69 Å². The Hall–Kier alpha value is -1.18. The number of hydrogen-bond acceptors (Lipinski definition) is 4. The lowest BCUT2D eigenvalue weighted by atomic mass is 10.0. The molecule has 0 aliphatic carbocycles. The van der Waals surface area contributed by atoms with E-state index in [1.807, 2.05) is 20.9 Å². The highest BCUT2D eigenvalue weighted by Crippen LogP contribution is 2.28. The van der Waals surface area contributed by atoms with Gasteiger partial charge in [-0.1, -0.05) is 0 Å². The van der Waals surface area contributed by atoms with Crippen LogP contribution in [-0.4, -0.2) is 49.8 Å². The maximum atomic E-state index is 13.3. The van der Waals surface area contributed by atoms with Crippen LogP contribution in [0.15, 0.2) is 23.1 Å².